The molecule has 0 spiro atoms. The predicted molar refractivity (Wildman–Crippen MR) is 92.6 cm³/mol. The van der Waals surface area contributed by atoms with Crippen molar-refractivity contribution in [2.45, 2.75) is 25.7 Å². The van der Waals surface area contributed by atoms with Crippen LogP contribution in [0.4, 0.5) is 18.0 Å². The minimum absolute atomic E-state index is 0.0955. The third-order valence-corrected chi connectivity index (χ3v) is 4.00. The number of benzene rings is 2. The van der Waals surface area contributed by atoms with Gasteiger partial charge in [0.1, 0.15) is 23.9 Å². The lowest BCUT2D eigenvalue weighted by molar-refractivity contribution is 0.120. The van der Waals surface area contributed by atoms with E-state index in [2.05, 4.69) is 17.4 Å². The van der Waals surface area contributed by atoms with Gasteiger partial charge in [0.25, 0.3) is 6.43 Å². The summed E-state index contributed by atoms with van der Waals surface area (Å²) in [6, 6.07) is 6.84. The van der Waals surface area contributed by atoms with Crippen molar-refractivity contribution in [1.29, 1.82) is 0 Å². The van der Waals surface area contributed by atoms with E-state index in [0.717, 1.165) is 19.2 Å². The van der Waals surface area contributed by atoms with Crippen LogP contribution in [0.15, 0.2) is 30.3 Å². The van der Waals surface area contributed by atoms with E-state index < -0.39 is 24.0 Å². The second-order valence-corrected chi connectivity index (χ2v) is 5.65. The van der Waals surface area contributed by atoms with Gasteiger partial charge in [0, 0.05) is 17.4 Å². The third kappa shape index (κ3) is 4.63. The first-order valence-electron chi connectivity index (χ1n) is 7.55. The third-order valence-electron chi connectivity index (χ3n) is 3.66. The monoisotopic (exact) mass is 386 g/mol. The Balaban J connectivity index is 2.35. The lowest BCUT2D eigenvalue weighted by Crippen LogP contribution is -2.11. The Labute approximate surface area is 154 Å². The average molecular weight is 386 g/mol. The number of carbonyl (C=O) groups is 1. The van der Waals surface area contributed by atoms with Gasteiger partial charge in [-0.25, -0.2) is 18.0 Å². The number of thiol groups is 1. The molecule has 4 nitrogen and oxygen atoms in total. The van der Waals surface area contributed by atoms with Crippen molar-refractivity contribution in [3.8, 4) is 11.5 Å². The molecule has 0 aliphatic carbocycles. The normalized spacial score (nSPS) is 10.7. The SMILES string of the molecule is COC(=O)Oc1cccc(CS)c1COc1cc(F)c(C)cc1C(F)F. The first-order valence-corrected chi connectivity index (χ1v) is 8.19. The van der Waals surface area contributed by atoms with Crippen LogP contribution in [0, 0.1) is 12.7 Å². The summed E-state index contributed by atoms with van der Waals surface area (Å²) < 4.78 is 55.1. The van der Waals surface area contributed by atoms with Gasteiger partial charge in [-0.3, -0.25) is 0 Å². The molecule has 2 aromatic carbocycles. The van der Waals surface area contributed by atoms with Gasteiger partial charge in [-0.05, 0) is 30.2 Å². The first kappa shape index (κ1) is 20.0. The molecule has 0 aromatic heterocycles. The standard InChI is InChI=1S/C18H17F3O4S/c1-10-6-12(17(20)21)16(7-14(10)19)24-8-13-11(9-26)4-3-5-15(13)25-18(22)23-2/h3-7,17,26H,8-9H2,1-2H3. The summed E-state index contributed by atoms with van der Waals surface area (Å²) in [5.41, 5.74) is 0.774. The molecule has 0 atom stereocenters. The minimum Gasteiger partial charge on any atom is -0.488 e. The Morgan fingerprint density at radius 1 is 1.23 bits per heavy atom. The maximum Gasteiger partial charge on any atom is 0.513 e. The van der Waals surface area contributed by atoms with E-state index in [0.29, 0.717) is 16.9 Å². The fraction of sp³-hybridized carbons (Fsp3) is 0.278. The van der Waals surface area contributed by atoms with Crippen molar-refractivity contribution < 1.29 is 32.2 Å². The van der Waals surface area contributed by atoms with Gasteiger partial charge in [-0.15, -0.1) is 0 Å². The topological polar surface area (TPSA) is 44.8 Å². The van der Waals surface area contributed by atoms with Crippen LogP contribution in [-0.4, -0.2) is 13.3 Å². The quantitative estimate of drug-likeness (QED) is 0.420. The summed E-state index contributed by atoms with van der Waals surface area (Å²) in [6.07, 6.45) is -3.76. The Hall–Kier alpha value is -2.35. The van der Waals surface area contributed by atoms with Crippen LogP contribution in [0.1, 0.15) is 28.7 Å². The van der Waals surface area contributed by atoms with E-state index in [4.69, 9.17) is 9.47 Å². The molecule has 0 unspecified atom stereocenters. The van der Waals surface area contributed by atoms with Crippen LogP contribution in [0.5, 0.6) is 11.5 Å². The number of rotatable bonds is 6. The number of hydrogen-bond acceptors (Lipinski definition) is 5. The minimum atomic E-state index is -2.82. The van der Waals surface area contributed by atoms with Gasteiger partial charge in [-0.2, -0.15) is 12.6 Å². The van der Waals surface area contributed by atoms with E-state index in [1.807, 2.05) is 0 Å². The molecule has 0 heterocycles. The Kier molecular flexibility index (Phi) is 6.79. The lowest BCUT2D eigenvalue weighted by Gasteiger charge is -2.16. The van der Waals surface area contributed by atoms with Crippen molar-refractivity contribution >= 4 is 18.8 Å². The maximum absolute atomic E-state index is 13.8. The lowest BCUT2D eigenvalue weighted by atomic mass is 10.1. The second kappa shape index (κ2) is 8.84. The van der Waals surface area contributed by atoms with Crippen molar-refractivity contribution in [2.24, 2.45) is 0 Å². The maximum atomic E-state index is 13.8. The molecule has 26 heavy (non-hydrogen) atoms. The summed E-state index contributed by atoms with van der Waals surface area (Å²) in [5, 5.41) is 0. The van der Waals surface area contributed by atoms with Crippen molar-refractivity contribution in [2.75, 3.05) is 7.11 Å². The van der Waals surface area contributed by atoms with Crippen LogP contribution in [0.2, 0.25) is 0 Å². The summed E-state index contributed by atoms with van der Waals surface area (Å²) in [5.74, 6) is -0.491. The number of ether oxygens (including phenoxy) is 3. The molecule has 0 N–H and O–H groups in total. The van der Waals surface area contributed by atoms with E-state index in [-0.39, 0.29) is 23.7 Å². The highest BCUT2D eigenvalue weighted by Crippen LogP contribution is 2.33. The van der Waals surface area contributed by atoms with E-state index >= 15 is 0 Å². The number of hydrogen-bond donors (Lipinski definition) is 1. The number of aryl methyl sites for hydroxylation is 1. The zero-order chi connectivity index (χ0) is 19.3. The van der Waals surface area contributed by atoms with Crippen LogP contribution < -0.4 is 9.47 Å². The molecule has 140 valence electrons. The van der Waals surface area contributed by atoms with E-state index in [9.17, 15) is 18.0 Å². The van der Waals surface area contributed by atoms with Gasteiger partial charge in [0.15, 0.2) is 0 Å². The zero-order valence-electron chi connectivity index (χ0n) is 14.1. The van der Waals surface area contributed by atoms with Crippen molar-refractivity contribution in [1.82, 2.24) is 0 Å². The molecular formula is C18H17F3O4S. The largest absolute Gasteiger partial charge is 0.513 e. The van der Waals surface area contributed by atoms with Crippen molar-refractivity contribution in [3.05, 3.63) is 58.4 Å². The number of carbonyl (C=O) groups excluding carboxylic acids is 1. The van der Waals surface area contributed by atoms with Gasteiger partial charge in [0.2, 0.25) is 0 Å². The highest BCUT2D eigenvalue weighted by atomic mass is 32.1. The fourth-order valence-corrected chi connectivity index (χ4v) is 2.58. The second-order valence-electron chi connectivity index (χ2n) is 5.34. The molecule has 8 heteroatoms. The van der Waals surface area contributed by atoms with Crippen LogP contribution in [-0.2, 0) is 17.1 Å². The Morgan fingerprint density at radius 2 is 1.96 bits per heavy atom. The molecule has 2 aromatic rings. The van der Waals surface area contributed by atoms with Gasteiger partial charge in [0.05, 0.1) is 12.7 Å². The van der Waals surface area contributed by atoms with E-state index in [1.54, 1.807) is 12.1 Å². The van der Waals surface area contributed by atoms with Gasteiger partial charge in [-0.1, -0.05) is 12.1 Å². The number of halogens is 3. The van der Waals surface area contributed by atoms with Crippen LogP contribution in [0.3, 0.4) is 0 Å². The molecule has 0 saturated heterocycles. The molecule has 2 rings (SSSR count). The summed E-state index contributed by atoms with van der Waals surface area (Å²) in [7, 11) is 1.16. The van der Waals surface area contributed by atoms with Gasteiger partial charge < -0.3 is 14.2 Å². The molecular weight excluding hydrogens is 369 g/mol. The summed E-state index contributed by atoms with van der Waals surface area (Å²) in [4.78, 5) is 11.4. The van der Waals surface area contributed by atoms with Crippen LogP contribution in [0.25, 0.3) is 0 Å². The molecule has 0 amide bonds. The fourth-order valence-electron chi connectivity index (χ4n) is 2.28. The predicted octanol–water partition coefficient (Wildman–Crippen LogP) is 5.23. The molecule has 0 radical (unpaired) electrons. The molecule has 0 saturated carbocycles. The Morgan fingerprint density at radius 3 is 2.58 bits per heavy atom. The molecule has 0 bridgehead atoms. The van der Waals surface area contributed by atoms with Gasteiger partial charge >= 0.3 is 6.16 Å². The molecule has 0 aliphatic heterocycles. The van der Waals surface area contributed by atoms with E-state index in [1.165, 1.54) is 13.0 Å². The highest BCUT2D eigenvalue weighted by Gasteiger charge is 2.19. The molecule has 0 aliphatic rings. The zero-order valence-corrected chi connectivity index (χ0v) is 15.0. The highest BCUT2D eigenvalue weighted by molar-refractivity contribution is 7.79. The Bertz CT molecular complexity index is 796. The number of alkyl halides is 2. The van der Waals surface area contributed by atoms with Crippen LogP contribution >= 0.6 is 12.6 Å². The summed E-state index contributed by atoms with van der Waals surface area (Å²) >= 11 is 4.20. The smallest absolute Gasteiger partial charge is 0.488 e. The molecule has 0 fully saturated rings. The first-order chi connectivity index (χ1) is 12.4. The van der Waals surface area contributed by atoms with Crippen molar-refractivity contribution in [3.63, 3.8) is 0 Å². The average Bonchev–Trinajstić information content (AvgIpc) is 2.62. The summed E-state index contributed by atoms with van der Waals surface area (Å²) in [6.45, 7) is 1.18. The number of methoxy groups -OCH3 is 1.